The number of nitrogens with zero attached hydrogens (tertiary/aromatic N) is 2. The van der Waals surface area contributed by atoms with Gasteiger partial charge in [0.15, 0.2) is 0 Å². The summed E-state index contributed by atoms with van der Waals surface area (Å²) in [7, 11) is 3.71. The van der Waals surface area contributed by atoms with Gasteiger partial charge in [-0.25, -0.2) is 0 Å². The normalized spacial score (nSPS) is 17.2. The molecule has 0 bridgehead atoms. The first kappa shape index (κ1) is 12.2. The minimum Gasteiger partial charge on any atom is -0.387 e. The van der Waals surface area contributed by atoms with Crippen LogP contribution in [0.2, 0.25) is 0 Å². The van der Waals surface area contributed by atoms with Crippen molar-refractivity contribution in [2.45, 2.75) is 12.8 Å². The molecule has 2 rings (SSSR count). The van der Waals surface area contributed by atoms with Crippen molar-refractivity contribution in [2.24, 2.45) is 5.92 Å². The third-order valence-electron chi connectivity index (χ3n) is 3.39. The largest absolute Gasteiger partial charge is 0.387 e. The second-order valence-corrected chi connectivity index (χ2v) is 4.57. The van der Waals surface area contributed by atoms with Gasteiger partial charge in [0.25, 0.3) is 0 Å². The topological polar surface area (TPSA) is 37.4 Å². The molecule has 0 radical (unpaired) electrons. The van der Waals surface area contributed by atoms with E-state index in [9.17, 15) is 0 Å². The number of nitrogens with one attached hydrogen (secondary N) is 1. The predicted octanol–water partition coefficient (Wildman–Crippen LogP) is 1.99. The summed E-state index contributed by atoms with van der Waals surface area (Å²) in [6.07, 6.45) is 6.20. The Hall–Kier alpha value is -1.29. The monoisotopic (exact) mass is 235 g/mol. The summed E-state index contributed by atoms with van der Waals surface area (Å²) >= 11 is 0. The second kappa shape index (κ2) is 5.87. The Morgan fingerprint density at radius 1 is 1.41 bits per heavy atom. The number of rotatable bonds is 4. The molecule has 1 fully saturated rings. The molecule has 4 heteroatoms. The Morgan fingerprint density at radius 2 is 2.18 bits per heavy atom. The lowest BCUT2D eigenvalue weighted by molar-refractivity contribution is 0.139. The molecule has 0 atom stereocenters. The molecule has 0 unspecified atom stereocenters. The quantitative estimate of drug-likeness (QED) is 0.866. The maximum absolute atomic E-state index is 5.22. The average molecular weight is 235 g/mol. The molecule has 0 aliphatic carbocycles. The van der Waals surface area contributed by atoms with Gasteiger partial charge in [-0.2, -0.15) is 0 Å². The Kier molecular flexibility index (Phi) is 4.20. The van der Waals surface area contributed by atoms with Crippen LogP contribution >= 0.6 is 0 Å². The third-order valence-corrected chi connectivity index (χ3v) is 3.39. The highest BCUT2D eigenvalue weighted by molar-refractivity contribution is 5.55. The summed E-state index contributed by atoms with van der Waals surface area (Å²) in [4.78, 5) is 6.66. The van der Waals surface area contributed by atoms with Crippen LogP contribution in [0.3, 0.4) is 0 Å². The summed E-state index contributed by atoms with van der Waals surface area (Å²) in [6, 6.07) is 2.16. The lowest BCUT2D eigenvalue weighted by atomic mass is 9.97. The van der Waals surface area contributed by atoms with E-state index in [4.69, 9.17) is 4.74 Å². The van der Waals surface area contributed by atoms with Crippen LogP contribution in [0.1, 0.15) is 12.8 Å². The number of ether oxygens (including phenoxy) is 1. The van der Waals surface area contributed by atoms with Crippen molar-refractivity contribution in [3.8, 4) is 0 Å². The van der Waals surface area contributed by atoms with Crippen LogP contribution < -0.4 is 10.2 Å². The molecule has 0 amide bonds. The zero-order valence-corrected chi connectivity index (χ0v) is 10.6. The van der Waals surface area contributed by atoms with Crippen LogP contribution in [0.15, 0.2) is 18.5 Å². The highest BCUT2D eigenvalue weighted by atomic mass is 16.5. The molecule has 94 valence electrons. The number of anilines is 2. The molecule has 1 aromatic rings. The minimum atomic E-state index is 0.719. The molecule has 2 heterocycles. The predicted molar refractivity (Wildman–Crippen MR) is 70.6 cm³/mol. The average Bonchev–Trinajstić information content (AvgIpc) is 2.40. The van der Waals surface area contributed by atoms with E-state index in [0.29, 0.717) is 0 Å². The summed E-state index contributed by atoms with van der Waals surface area (Å²) in [5.41, 5.74) is 2.29. The number of methoxy groups -OCH3 is 1. The zero-order valence-electron chi connectivity index (χ0n) is 10.6. The van der Waals surface area contributed by atoms with Crippen LogP contribution in [0.25, 0.3) is 0 Å². The highest BCUT2D eigenvalue weighted by Gasteiger charge is 2.19. The van der Waals surface area contributed by atoms with Crippen molar-refractivity contribution in [3.05, 3.63) is 18.5 Å². The van der Waals surface area contributed by atoms with Crippen LogP contribution in [0.5, 0.6) is 0 Å². The summed E-state index contributed by atoms with van der Waals surface area (Å²) < 4.78 is 5.22. The van der Waals surface area contributed by atoms with E-state index in [1.807, 2.05) is 19.4 Å². The van der Waals surface area contributed by atoms with Crippen molar-refractivity contribution in [1.29, 1.82) is 0 Å². The molecule has 1 aliphatic rings. The molecule has 0 aromatic carbocycles. The van der Waals surface area contributed by atoms with Gasteiger partial charge in [0.1, 0.15) is 0 Å². The van der Waals surface area contributed by atoms with E-state index in [0.717, 1.165) is 31.3 Å². The van der Waals surface area contributed by atoms with E-state index in [2.05, 4.69) is 21.3 Å². The van der Waals surface area contributed by atoms with Gasteiger partial charge in [-0.15, -0.1) is 0 Å². The van der Waals surface area contributed by atoms with E-state index in [-0.39, 0.29) is 0 Å². The molecule has 0 spiro atoms. The van der Waals surface area contributed by atoms with E-state index < -0.39 is 0 Å². The summed E-state index contributed by atoms with van der Waals surface area (Å²) in [6.45, 7) is 3.09. The Bertz CT molecular complexity index is 348. The smallest absolute Gasteiger partial charge is 0.0573 e. The first-order valence-corrected chi connectivity index (χ1v) is 6.20. The third kappa shape index (κ3) is 3.09. The minimum absolute atomic E-state index is 0.719. The summed E-state index contributed by atoms with van der Waals surface area (Å²) in [5.74, 6) is 0.719. The fourth-order valence-electron chi connectivity index (χ4n) is 2.33. The fraction of sp³-hybridized carbons (Fsp3) is 0.615. The fourth-order valence-corrected chi connectivity index (χ4v) is 2.33. The first-order chi connectivity index (χ1) is 8.33. The van der Waals surface area contributed by atoms with Gasteiger partial charge in [0, 0.05) is 33.9 Å². The first-order valence-electron chi connectivity index (χ1n) is 6.20. The van der Waals surface area contributed by atoms with Gasteiger partial charge in [-0.3, -0.25) is 4.98 Å². The van der Waals surface area contributed by atoms with Crippen molar-refractivity contribution in [3.63, 3.8) is 0 Å². The summed E-state index contributed by atoms with van der Waals surface area (Å²) in [5, 5.41) is 3.13. The van der Waals surface area contributed by atoms with Gasteiger partial charge in [0.05, 0.1) is 23.8 Å². The molecular formula is C13H21N3O. The Labute approximate surface area is 103 Å². The van der Waals surface area contributed by atoms with E-state index >= 15 is 0 Å². The zero-order chi connectivity index (χ0) is 12.1. The van der Waals surface area contributed by atoms with Crippen molar-refractivity contribution in [2.75, 3.05) is 44.1 Å². The number of aromatic nitrogens is 1. The lowest BCUT2D eigenvalue weighted by Gasteiger charge is -2.33. The van der Waals surface area contributed by atoms with Gasteiger partial charge in [0.2, 0.25) is 0 Å². The van der Waals surface area contributed by atoms with E-state index in [1.54, 1.807) is 7.11 Å². The highest BCUT2D eigenvalue weighted by Crippen LogP contribution is 2.24. The molecule has 17 heavy (non-hydrogen) atoms. The van der Waals surface area contributed by atoms with Gasteiger partial charge < -0.3 is 15.0 Å². The van der Waals surface area contributed by atoms with Crippen LogP contribution in [0, 0.1) is 5.92 Å². The van der Waals surface area contributed by atoms with Crippen molar-refractivity contribution in [1.82, 2.24) is 4.98 Å². The van der Waals surface area contributed by atoms with Crippen molar-refractivity contribution < 1.29 is 4.74 Å². The number of hydrogen-bond acceptors (Lipinski definition) is 4. The molecule has 4 nitrogen and oxygen atoms in total. The molecule has 1 aromatic heterocycles. The van der Waals surface area contributed by atoms with Gasteiger partial charge in [-0.1, -0.05) is 0 Å². The van der Waals surface area contributed by atoms with Crippen LogP contribution in [-0.2, 0) is 4.74 Å². The Balaban J connectivity index is 1.95. The number of piperidine rings is 1. The molecular weight excluding hydrogens is 214 g/mol. The van der Waals surface area contributed by atoms with E-state index in [1.165, 1.54) is 18.5 Å². The Morgan fingerprint density at radius 3 is 2.82 bits per heavy atom. The maximum Gasteiger partial charge on any atom is 0.0573 e. The number of hydrogen-bond donors (Lipinski definition) is 1. The molecule has 1 saturated heterocycles. The number of pyridine rings is 1. The second-order valence-electron chi connectivity index (χ2n) is 4.57. The molecule has 1 aliphatic heterocycles. The van der Waals surface area contributed by atoms with Crippen LogP contribution in [-0.4, -0.2) is 38.8 Å². The van der Waals surface area contributed by atoms with Gasteiger partial charge >= 0.3 is 0 Å². The molecule has 0 saturated carbocycles. The molecule has 1 N–H and O–H groups in total. The van der Waals surface area contributed by atoms with Crippen molar-refractivity contribution >= 4 is 11.4 Å². The van der Waals surface area contributed by atoms with Crippen LogP contribution in [0.4, 0.5) is 11.4 Å². The maximum atomic E-state index is 5.22. The SMILES string of the molecule is CNc1cncc(N2CCC(COC)CC2)c1. The standard InChI is InChI=1S/C13H21N3O/c1-14-12-7-13(9-15-8-12)16-5-3-11(4-6-16)10-17-2/h7-9,11,14H,3-6,10H2,1-2H3. The lowest BCUT2D eigenvalue weighted by Crippen LogP contribution is -2.35. The van der Waals surface area contributed by atoms with Gasteiger partial charge in [-0.05, 0) is 24.8 Å².